The number of piperidine rings is 1. The summed E-state index contributed by atoms with van der Waals surface area (Å²) >= 11 is 0. The number of carboxylic acid groups (broad SMARTS) is 1. The number of rotatable bonds is 7. The number of halogens is 1. The molecule has 176 valence electrons. The smallest absolute Gasteiger partial charge is 0.309 e. The van der Waals surface area contributed by atoms with Crippen molar-refractivity contribution in [3.8, 4) is 5.75 Å². The van der Waals surface area contributed by atoms with Gasteiger partial charge in [-0.2, -0.15) is 9.40 Å². The first kappa shape index (κ1) is 23.2. The predicted molar refractivity (Wildman–Crippen MR) is 120 cm³/mol. The average molecular weight is 476 g/mol. The third-order valence-corrected chi connectivity index (χ3v) is 7.97. The Morgan fingerprint density at radius 2 is 1.97 bits per heavy atom. The lowest BCUT2D eigenvalue weighted by molar-refractivity contribution is -0.136. The highest BCUT2D eigenvalue weighted by Crippen LogP contribution is 2.34. The molecule has 0 spiro atoms. The average Bonchev–Trinajstić information content (AvgIpc) is 3.11. The molecule has 0 aliphatic carbocycles. The highest BCUT2D eigenvalue weighted by Gasteiger charge is 2.36. The van der Waals surface area contributed by atoms with Gasteiger partial charge in [0, 0.05) is 18.0 Å². The van der Waals surface area contributed by atoms with Gasteiger partial charge in [-0.1, -0.05) is 0 Å². The molecule has 0 amide bonds. The van der Waals surface area contributed by atoms with Crippen LogP contribution in [0.25, 0.3) is 10.9 Å². The molecule has 3 aromatic rings. The molecule has 1 saturated heterocycles. The van der Waals surface area contributed by atoms with Crippen LogP contribution >= 0.6 is 0 Å². The summed E-state index contributed by atoms with van der Waals surface area (Å²) in [6.07, 6.45) is 0.673. The predicted octanol–water partition coefficient (Wildman–Crippen LogP) is 3.62. The zero-order valence-electron chi connectivity index (χ0n) is 18.4. The van der Waals surface area contributed by atoms with Crippen molar-refractivity contribution >= 4 is 26.9 Å². The van der Waals surface area contributed by atoms with Crippen LogP contribution < -0.4 is 4.74 Å². The highest BCUT2D eigenvalue weighted by molar-refractivity contribution is 7.89. The lowest BCUT2D eigenvalue weighted by atomic mass is 10.0. The molecule has 1 aliphatic rings. The minimum atomic E-state index is -3.70. The van der Waals surface area contributed by atoms with Crippen LogP contribution in [0.5, 0.6) is 5.75 Å². The van der Waals surface area contributed by atoms with Gasteiger partial charge in [0.2, 0.25) is 10.0 Å². The van der Waals surface area contributed by atoms with E-state index in [1.165, 1.54) is 16.4 Å². The largest absolute Gasteiger partial charge is 0.494 e. The van der Waals surface area contributed by atoms with Crippen LogP contribution in [0.4, 0.5) is 4.39 Å². The van der Waals surface area contributed by atoms with Crippen LogP contribution in [0, 0.1) is 5.82 Å². The highest BCUT2D eigenvalue weighted by atomic mass is 32.2. The summed E-state index contributed by atoms with van der Waals surface area (Å²) in [5.41, 5.74) is 0.890. The van der Waals surface area contributed by atoms with E-state index >= 15 is 0 Å². The topological polar surface area (TPSA) is 102 Å². The van der Waals surface area contributed by atoms with Crippen LogP contribution in [0.1, 0.15) is 38.4 Å². The second-order valence-corrected chi connectivity index (χ2v) is 10.1. The summed E-state index contributed by atoms with van der Waals surface area (Å²) in [4.78, 5) is 11.5. The van der Waals surface area contributed by atoms with Crippen molar-refractivity contribution in [2.24, 2.45) is 0 Å². The number of benzene rings is 2. The lowest BCUT2D eigenvalue weighted by Gasteiger charge is -2.37. The first-order chi connectivity index (χ1) is 15.7. The fourth-order valence-electron chi connectivity index (χ4n) is 4.44. The fourth-order valence-corrected chi connectivity index (χ4v) is 6.10. The van der Waals surface area contributed by atoms with Crippen molar-refractivity contribution in [3.05, 3.63) is 54.0 Å². The molecule has 8 nitrogen and oxygen atoms in total. The van der Waals surface area contributed by atoms with Crippen molar-refractivity contribution in [2.45, 2.75) is 50.1 Å². The first-order valence-corrected chi connectivity index (χ1v) is 12.3. The zero-order chi connectivity index (χ0) is 23.8. The summed E-state index contributed by atoms with van der Waals surface area (Å²) in [6.45, 7) is 4.46. The Morgan fingerprint density at radius 3 is 2.61 bits per heavy atom. The number of aromatic nitrogens is 2. The van der Waals surface area contributed by atoms with Crippen LogP contribution in [0.15, 0.2) is 47.4 Å². The Kier molecular flexibility index (Phi) is 6.40. The molecule has 1 aliphatic heterocycles. The quantitative estimate of drug-likeness (QED) is 0.560. The van der Waals surface area contributed by atoms with Gasteiger partial charge in [-0.15, -0.1) is 0 Å². The van der Waals surface area contributed by atoms with Gasteiger partial charge in [0.1, 0.15) is 11.6 Å². The number of fused-ring (bicyclic) bond motifs is 1. The molecule has 1 N–H and O–H groups in total. The third kappa shape index (κ3) is 4.58. The van der Waals surface area contributed by atoms with Crippen LogP contribution in [-0.2, 0) is 21.2 Å². The van der Waals surface area contributed by atoms with E-state index in [1.54, 1.807) is 35.0 Å². The molecule has 0 bridgehead atoms. The number of ether oxygens (including phenoxy) is 1. The van der Waals surface area contributed by atoms with Gasteiger partial charge in [-0.05, 0) is 69.2 Å². The van der Waals surface area contributed by atoms with Crippen LogP contribution in [0.2, 0.25) is 0 Å². The van der Waals surface area contributed by atoms with Gasteiger partial charge in [0.25, 0.3) is 0 Å². The van der Waals surface area contributed by atoms with Gasteiger partial charge in [0.05, 0.1) is 35.2 Å². The maximum absolute atomic E-state index is 14.0. The molecule has 1 fully saturated rings. The SMILES string of the molecule is CCOc1ccc(S(=O)(=O)N2CCC(n3nc(CC(=O)O)c4ccc(F)cc43)C[C@@H]2C)cc1. The Balaban J connectivity index is 1.59. The van der Waals surface area contributed by atoms with E-state index in [9.17, 15) is 22.7 Å². The van der Waals surface area contributed by atoms with Crippen molar-refractivity contribution in [1.82, 2.24) is 14.1 Å². The standard InChI is InChI=1S/C23H26FN3O5S/c1-3-32-18-5-7-19(8-6-18)33(30,31)26-11-10-17(12-15(26)2)27-22-13-16(24)4-9-20(22)21(25-27)14-23(28)29/h4-9,13,15,17H,3,10-12,14H2,1-2H3,(H,28,29)/t15-,17?/m0/s1. The number of sulfonamides is 1. The number of hydrogen-bond donors (Lipinski definition) is 1. The van der Waals surface area contributed by atoms with Crippen LogP contribution in [0.3, 0.4) is 0 Å². The second kappa shape index (κ2) is 9.11. The molecule has 10 heteroatoms. The van der Waals surface area contributed by atoms with Crippen molar-refractivity contribution in [3.63, 3.8) is 0 Å². The summed E-state index contributed by atoms with van der Waals surface area (Å²) in [7, 11) is -3.70. The first-order valence-electron chi connectivity index (χ1n) is 10.8. The summed E-state index contributed by atoms with van der Waals surface area (Å²) in [6, 6.07) is 10.0. The Labute approximate surface area is 191 Å². The van der Waals surface area contributed by atoms with E-state index in [4.69, 9.17) is 4.74 Å². The maximum atomic E-state index is 14.0. The number of nitrogens with zero attached hydrogens (tertiary/aromatic N) is 3. The monoisotopic (exact) mass is 475 g/mol. The molecular weight excluding hydrogens is 449 g/mol. The molecule has 1 aromatic heterocycles. The Bertz CT molecular complexity index is 1270. The normalized spacial score (nSPS) is 19.6. The number of hydrogen-bond acceptors (Lipinski definition) is 5. The van der Waals surface area contributed by atoms with Crippen molar-refractivity contribution < 1.29 is 27.4 Å². The number of aliphatic carboxylic acids is 1. The fraction of sp³-hybridized carbons (Fsp3) is 0.391. The molecule has 2 aromatic carbocycles. The number of carboxylic acids is 1. The molecule has 1 unspecified atom stereocenters. The lowest BCUT2D eigenvalue weighted by Crippen LogP contribution is -2.45. The summed E-state index contributed by atoms with van der Waals surface area (Å²) < 4.78 is 49.0. The zero-order valence-corrected chi connectivity index (χ0v) is 19.3. The second-order valence-electron chi connectivity index (χ2n) is 8.17. The molecule has 33 heavy (non-hydrogen) atoms. The minimum Gasteiger partial charge on any atom is -0.494 e. The third-order valence-electron chi connectivity index (χ3n) is 5.94. The summed E-state index contributed by atoms with van der Waals surface area (Å²) in [5, 5.41) is 14.3. The van der Waals surface area contributed by atoms with E-state index in [0.717, 1.165) is 0 Å². The van der Waals surface area contributed by atoms with Crippen molar-refractivity contribution in [2.75, 3.05) is 13.2 Å². The van der Waals surface area contributed by atoms with Gasteiger partial charge >= 0.3 is 5.97 Å². The molecule has 2 heterocycles. The van der Waals surface area contributed by atoms with E-state index in [2.05, 4.69) is 5.10 Å². The molecule has 2 atom stereocenters. The summed E-state index contributed by atoms with van der Waals surface area (Å²) in [5.74, 6) is -0.845. The number of carbonyl (C=O) groups is 1. The Hall–Kier alpha value is -2.98. The molecule has 0 radical (unpaired) electrons. The van der Waals surface area contributed by atoms with E-state index in [-0.39, 0.29) is 29.9 Å². The van der Waals surface area contributed by atoms with Crippen molar-refractivity contribution in [1.29, 1.82) is 0 Å². The maximum Gasteiger partial charge on any atom is 0.309 e. The Morgan fingerprint density at radius 1 is 1.24 bits per heavy atom. The van der Waals surface area contributed by atoms with Gasteiger partial charge in [-0.3, -0.25) is 9.48 Å². The minimum absolute atomic E-state index is 0.182. The molecular formula is C23H26FN3O5S. The van der Waals surface area contributed by atoms with Gasteiger partial charge < -0.3 is 9.84 Å². The molecule has 4 rings (SSSR count). The van der Waals surface area contributed by atoms with E-state index in [1.807, 2.05) is 13.8 Å². The van der Waals surface area contributed by atoms with Gasteiger partial charge in [0.15, 0.2) is 0 Å². The van der Waals surface area contributed by atoms with Gasteiger partial charge in [-0.25, -0.2) is 12.8 Å². The van der Waals surface area contributed by atoms with E-state index in [0.29, 0.717) is 41.8 Å². The van der Waals surface area contributed by atoms with Crippen LogP contribution in [-0.4, -0.2) is 52.8 Å². The van der Waals surface area contributed by atoms with E-state index < -0.39 is 21.8 Å². The molecule has 0 saturated carbocycles.